The number of halogens is 2. The first-order chi connectivity index (χ1) is 9.02. The zero-order valence-electron chi connectivity index (χ0n) is 10.3. The summed E-state index contributed by atoms with van der Waals surface area (Å²) in [5, 5.41) is 7.64. The Kier molecular flexibility index (Phi) is 4.34. The van der Waals surface area contributed by atoms with Crippen LogP contribution in [0.15, 0.2) is 12.1 Å². The van der Waals surface area contributed by atoms with Gasteiger partial charge < -0.3 is 10.2 Å². The van der Waals surface area contributed by atoms with E-state index in [0.717, 1.165) is 11.4 Å². The van der Waals surface area contributed by atoms with E-state index in [1.54, 1.807) is 16.8 Å². The quantitative estimate of drug-likeness (QED) is 0.849. The Bertz CT molecular complexity index is 629. The van der Waals surface area contributed by atoms with Crippen LogP contribution in [-0.4, -0.2) is 22.0 Å². The molecule has 0 saturated heterocycles. The van der Waals surface area contributed by atoms with Crippen LogP contribution in [0.2, 0.25) is 10.0 Å². The summed E-state index contributed by atoms with van der Waals surface area (Å²) in [5.74, 6) is 1.22. The van der Waals surface area contributed by atoms with Crippen LogP contribution >= 0.6 is 35.4 Å². The first kappa shape index (κ1) is 14.2. The van der Waals surface area contributed by atoms with Crippen LogP contribution in [0.4, 0.5) is 0 Å². The van der Waals surface area contributed by atoms with Crippen LogP contribution in [0.25, 0.3) is 0 Å². The van der Waals surface area contributed by atoms with E-state index < -0.39 is 0 Å². The van der Waals surface area contributed by atoms with Crippen molar-refractivity contribution in [1.82, 2.24) is 14.9 Å². The number of rotatable bonds is 4. The first-order valence-corrected chi connectivity index (χ1v) is 6.59. The molecular weight excluding hydrogens is 307 g/mol. The van der Waals surface area contributed by atoms with Gasteiger partial charge in [-0.25, -0.2) is 4.68 Å². The minimum absolute atomic E-state index is 0.472. The van der Waals surface area contributed by atoms with E-state index in [4.69, 9.17) is 40.2 Å². The highest BCUT2D eigenvalue weighted by Crippen LogP contribution is 2.33. The van der Waals surface area contributed by atoms with Crippen LogP contribution in [0.1, 0.15) is 11.4 Å². The third-order valence-electron chi connectivity index (χ3n) is 2.54. The van der Waals surface area contributed by atoms with Gasteiger partial charge in [0.05, 0.1) is 23.7 Å². The minimum atomic E-state index is 0.472. The summed E-state index contributed by atoms with van der Waals surface area (Å²) in [6, 6.07) is 3.58. The Hall–Kier alpha value is -1.24. The van der Waals surface area contributed by atoms with Gasteiger partial charge >= 0.3 is 0 Å². The van der Waals surface area contributed by atoms with Gasteiger partial charge in [0.25, 0.3) is 0 Å². The number of H-pyrrole nitrogens is 1. The van der Waals surface area contributed by atoms with E-state index >= 15 is 0 Å². The van der Waals surface area contributed by atoms with Crippen LogP contribution < -0.4 is 10.2 Å². The molecule has 19 heavy (non-hydrogen) atoms. The number of nitrogens with one attached hydrogen (secondary N) is 2. The van der Waals surface area contributed by atoms with Crippen LogP contribution in [0.5, 0.6) is 5.75 Å². The number of aryl methyl sites for hydroxylation is 1. The lowest BCUT2D eigenvalue weighted by atomic mass is 10.2. The molecule has 0 aliphatic heterocycles. The van der Waals surface area contributed by atoms with Crippen molar-refractivity contribution in [2.45, 2.75) is 13.5 Å². The number of hydrogen-bond acceptors (Lipinski definition) is 4. The molecule has 0 aliphatic rings. The van der Waals surface area contributed by atoms with Crippen molar-refractivity contribution in [3.8, 4) is 5.75 Å². The van der Waals surface area contributed by atoms with E-state index in [1.807, 2.05) is 6.92 Å². The molecule has 2 aromatic rings. The zero-order chi connectivity index (χ0) is 14.0. The highest BCUT2D eigenvalue weighted by molar-refractivity contribution is 7.71. The van der Waals surface area contributed by atoms with Crippen molar-refractivity contribution in [2.24, 2.45) is 0 Å². The molecule has 0 saturated carbocycles. The van der Waals surface area contributed by atoms with Crippen molar-refractivity contribution in [1.29, 1.82) is 0 Å². The Morgan fingerprint density at radius 1 is 1.42 bits per heavy atom. The third-order valence-corrected chi connectivity index (χ3v) is 3.38. The molecule has 1 heterocycles. The molecule has 0 bridgehead atoms. The molecule has 2 N–H and O–H groups in total. The topological polar surface area (TPSA) is 54.9 Å². The molecule has 0 fully saturated rings. The van der Waals surface area contributed by atoms with E-state index in [-0.39, 0.29) is 0 Å². The largest absolute Gasteiger partial charge is 0.494 e. The van der Waals surface area contributed by atoms with Gasteiger partial charge in [-0.15, -0.1) is 0 Å². The van der Waals surface area contributed by atoms with Gasteiger partial charge in [0, 0.05) is 0 Å². The van der Waals surface area contributed by atoms with Crippen molar-refractivity contribution in [3.63, 3.8) is 0 Å². The van der Waals surface area contributed by atoms with Gasteiger partial charge in [-0.1, -0.05) is 23.2 Å². The monoisotopic (exact) mass is 318 g/mol. The van der Waals surface area contributed by atoms with Gasteiger partial charge in [0.15, 0.2) is 5.75 Å². The fourth-order valence-corrected chi connectivity index (χ4v) is 2.57. The Labute approximate surface area is 125 Å². The van der Waals surface area contributed by atoms with Crippen molar-refractivity contribution in [3.05, 3.63) is 38.3 Å². The number of aromatic amines is 1. The van der Waals surface area contributed by atoms with Crippen molar-refractivity contribution < 1.29 is 4.74 Å². The van der Waals surface area contributed by atoms with Crippen LogP contribution in [0, 0.1) is 11.7 Å². The molecular formula is C11H12Cl2N4OS. The molecule has 0 amide bonds. The molecule has 0 atom stereocenters. The fourth-order valence-electron chi connectivity index (χ4n) is 1.64. The Morgan fingerprint density at radius 3 is 2.53 bits per heavy atom. The number of aromatic nitrogens is 3. The average Bonchev–Trinajstić information content (AvgIpc) is 2.66. The molecule has 102 valence electrons. The second-order valence-electron chi connectivity index (χ2n) is 3.84. The lowest BCUT2D eigenvalue weighted by Gasteiger charge is -2.11. The minimum Gasteiger partial charge on any atom is -0.494 e. The average molecular weight is 319 g/mol. The molecule has 5 nitrogen and oxygen atoms in total. The molecule has 0 unspecified atom stereocenters. The molecule has 0 radical (unpaired) electrons. The number of ether oxygens (including phenoxy) is 1. The molecule has 1 aromatic carbocycles. The van der Waals surface area contributed by atoms with E-state index in [0.29, 0.717) is 27.1 Å². The zero-order valence-corrected chi connectivity index (χ0v) is 12.7. The van der Waals surface area contributed by atoms with Gasteiger partial charge in [0.2, 0.25) is 4.77 Å². The maximum atomic E-state index is 6.07. The molecule has 0 spiro atoms. The van der Waals surface area contributed by atoms with Crippen LogP contribution in [0.3, 0.4) is 0 Å². The van der Waals surface area contributed by atoms with E-state index in [1.165, 1.54) is 7.11 Å². The Balaban J connectivity index is 2.19. The summed E-state index contributed by atoms with van der Waals surface area (Å²) in [6.07, 6.45) is 0. The summed E-state index contributed by atoms with van der Waals surface area (Å²) in [6.45, 7) is 2.35. The van der Waals surface area contributed by atoms with E-state index in [2.05, 4.69) is 15.6 Å². The molecule has 1 aromatic heterocycles. The van der Waals surface area contributed by atoms with Gasteiger partial charge in [-0.3, -0.25) is 5.10 Å². The van der Waals surface area contributed by atoms with Crippen molar-refractivity contribution >= 4 is 35.4 Å². The SMILES string of the molecule is COc1c(Cl)cc(CNn2c(C)n[nH]c2=S)cc1Cl. The Morgan fingerprint density at radius 2 is 2.05 bits per heavy atom. The highest BCUT2D eigenvalue weighted by atomic mass is 35.5. The summed E-state index contributed by atoms with van der Waals surface area (Å²) >= 11 is 17.2. The lowest BCUT2D eigenvalue weighted by molar-refractivity contribution is 0.415. The summed E-state index contributed by atoms with van der Waals surface area (Å²) < 4.78 is 7.28. The highest BCUT2D eigenvalue weighted by Gasteiger charge is 2.09. The summed E-state index contributed by atoms with van der Waals surface area (Å²) in [7, 11) is 1.53. The number of benzene rings is 1. The summed E-state index contributed by atoms with van der Waals surface area (Å²) in [4.78, 5) is 0. The van der Waals surface area contributed by atoms with Gasteiger partial charge in [-0.05, 0) is 36.8 Å². The second-order valence-corrected chi connectivity index (χ2v) is 5.04. The first-order valence-electron chi connectivity index (χ1n) is 5.42. The predicted molar refractivity (Wildman–Crippen MR) is 78.2 cm³/mol. The fraction of sp³-hybridized carbons (Fsp3) is 0.273. The lowest BCUT2D eigenvalue weighted by Crippen LogP contribution is -2.16. The number of methoxy groups -OCH3 is 1. The standard InChI is InChI=1S/C11H12Cl2N4OS/c1-6-15-16-11(19)17(6)14-5-7-3-8(12)10(18-2)9(13)4-7/h3-4,14H,5H2,1-2H3,(H,16,19). The van der Waals surface area contributed by atoms with Crippen molar-refractivity contribution in [2.75, 3.05) is 12.5 Å². The second kappa shape index (κ2) is 5.81. The third kappa shape index (κ3) is 3.02. The van der Waals surface area contributed by atoms with Crippen LogP contribution in [-0.2, 0) is 6.54 Å². The smallest absolute Gasteiger partial charge is 0.214 e. The van der Waals surface area contributed by atoms with Gasteiger partial charge in [-0.2, -0.15) is 5.10 Å². The maximum absolute atomic E-state index is 6.07. The number of hydrogen-bond donors (Lipinski definition) is 2. The molecule has 8 heteroatoms. The maximum Gasteiger partial charge on any atom is 0.214 e. The normalized spacial score (nSPS) is 10.5. The van der Waals surface area contributed by atoms with E-state index in [9.17, 15) is 0 Å². The van der Waals surface area contributed by atoms with Gasteiger partial charge in [0.1, 0.15) is 5.82 Å². The molecule has 0 aliphatic carbocycles. The molecule has 2 rings (SSSR count). The predicted octanol–water partition coefficient (Wildman–Crippen LogP) is 3.31. The number of nitrogens with zero attached hydrogens (tertiary/aromatic N) is 2. The summed E-state index contributed by atoms with van der Waals surface area (Å²) in [5.41, 5.74) is 4.05.